The molecule has 12 heavy (non-hydrogen) atoms. The molecule has 0 aromatic carbocycles. The van der Waals surface area contributed by atoms with Crippen LogP contribution in [0.1, 0.15) is 39.5 Å². The second-order valence-corrected chi connectivity index (χ2v) is 2.86. The van der Waals surface area contributed by atoms with Crippen molar-refractivity contribution >= 4 is 0 Å². The van der Waals surface area contributed by atoms with E-state index in [4.69, 9.17) is 0 Å². The van der Waals surface area contributed by atoms with Gasteiger partial charge in [-0.25, -0.2) is 0 Å². The van der Waals surface area contributed by atoms with E-state index in [1.165, 1.54) is 38.8 Å². The molecule has 0 amide bonds. The predicted molar refractivity (Wildman–Crippen MR) is 54.8 cm³/mol. The van der Waals surface area contributed by atoms with Crippen molar-refractivity contribution in [2.24, 2.45) is 0 Å². The molecular formula is C10H21N2+. The SMILES string of the molecule is C1CCCNCC1.CC#[N+]CC. The highest BCUT2D eigenvalue weighted by molar-refractivity contribution is 4.77. The second-order valence-electron chi connectivity index (χ2n) is 2.86. The van der Waals surface area contributed by atoms with E-state index in [2.05, 4.69) is 16.2 Å². The third-order valence-corrected chi connectivity index (χ3v) is 1.77. The first kappa shape index (κ1) is 11.4. The summed E-state index contributed by atoms with van der Waals surface area (Å²) in [6, 6.07) is 2.64. The summed E-state index contributed by atoms with van der Waals surface area (Å²) in [5.41, 5.74) is 0. The molecule has 0 bridgehead atoms. The average Bonchev–Trinajstić information content (AvgIpc) is 2.37. The lowest BCUT2D eigenvalue weighted by Gasteiger charge is -1.91. The highest BCUT2D eigenvalue weighted by Gasteiger charge is 1.94. The van der Waals surface area contributed by atoms with Gasteiger partial charge in [0.15, 0.2) is 0 Å². The van der Waals surface area contributed by atoms with E-state index in [1.807, 2.05) is 6.92 Å². The molecule has 70 valence electrons. The molecule has 1 N–H and O–H groups in total. The minimum Gasteiger partial charge on any atom is -0.317 e. The van der Waals surface area contributed by atoms with Gasteiger partial charge in [-0.05, 0) is 25.9 Å². The van der Waals surface area contributed by atoms with Crippen molar-refractivity contribution in [3.8, 4) is 6.07 Å². The van der Waals surface area contributed by atoms with E-state index < -0.39 is 0 Å². The lowest BCUT2D eigenvalue weighted by Crippen LogP contribution is -2.12. The summed E-state index contributed by atoms with van der Waals surface area (Å²) >= 11 is 0. The van der Waals surface area contributed by atoms with Crippen LogP contribution in [0, 0.1) is 6.07 Å². The average molecular weight is 169 g/mol. The summed E-state index contributed by atoms with van der Waals surface area (Å²) in [4.78, 5) is 3.72. The normalized spacial score (nSPS) is 16.2. The molecule has 1 saturated heterocycles. The third kappa shape index (κ3) is 9.45. The van der Waals surface area contributed by atoms with E-state index in [-0.39, 0.29) is 0 Å². The van der Waals surface area contributed by atoms with Gasteiger partial charge in [0.25, 0.3) is 12.6 Å². The Morgan fingerprint density at radius 1 is 1.17 bits per heavy atom. The Morgan fingerprint density at radius 3 is 2.08 bits per heavy atom. The highest BCUT2D eigenvalue weighted by atomic mass is 14.8. The molecule has 1 aliphatic heterocycles. The van der Waals surface area contributed by atoms with Gasteiger partial charge in [0.05, 0.1) is 6.92 Å². The van der Waals surface area contributed by atoms with Crippen molar-refractivity contribution in [1.82, 2.24) is 5.32 Å². The van der Waals surface area contributed by atoms with Crippen molar-refractivity contribution in [2.45, 2.75) is 39.5 Å². The lowest BCUT2D eigenvalue weighted by molar-refractivity contribution is 0.702. The molecule has 0 saturated carbocycles. The van der Waals surface area contributed by atoms with Gasteiger partial charge in [-0.15, -0.1) is 0 Å². The summed E-state index contributed by atoms with van der Waals surface area (Å²) in [5.74, 6) is 0. The Hall–Kier alpha value is -0.550. The maximum Gasteiger partial charge on any atom is 0.269 e. The Morgan fingerprint density at radius 2 is 1.75 bits per heavy atom. The molecule has 0 aromatic rings. The number of hydrogen-bond donors (Lipinski definition) is 1. The van der Waals surface area contributed by atoms with Gasteiger partial charge in [-0.2, -0.15) is 0 Å². The van der Waals surface area contributed by atoms with Crippen LogP contribution < -0.4 is 5.32 Å². The summed E-state index contributed by atoms with van der Waals surface area (Å²) in [7, 11) is 0. The van der Waals surface area contributed by atoms with Crippen LogP contribution in [0.5, 0.6) is 0 Å². The molecule has 1 heterocycles. The minimum atomic E-state index is 0.858. The Balaban J connectivity index is 0.000000217. The van der Waals surface area contributed by atoms with Crippen LogP contribution in [0.15, 0.2) is 0 Å². The first-order chi connectivity index (χ1) is 5.91. The Labute approximate surface area is 76.2 Å². The van der Waals surface area contributed by atoms with Crippen LogP contribution >= 0.6 is 0 Å². The fourth-order valence-corrected chi connectivity index (χ4v) is 1.14. The maximum atomic E-state index is 3.72. The molecule has 0 atom stereocenters. The summed E-state index contributed by atoms with van der Waals surface area (Å²) in [5, 5.41) is 3.35. The molecule has 2 heteroatoms. The lowest BCUT2D eigenvalue weighted by atomic mass is 10.2. The van der Waals surface area contributed by atoms with Gasteiger partial charge >= 0.3 is 0 Å². The zero-order valence-electron chi connectivity index (χ0n) is 8.40. The standard InChI is InChI=1S/C6H13N.C4H8N/c1-2-4-6-7-5-3-1;1-3-5-4-2/h7H,1-6H2;3H2,1-2H3/q;+1. The van der Waals surface area contributed by atoms with Gasteiger partial charge < -0.3 is 5.32 Å². The van der Waals surface area contributed by atoms with Crippen molar-refractivity contribution in [3.63, 3.8) is 0 Å². The first-order valence-corrected chi connectivity index (χ1v) is 4.95. The summed E-state index contributed by atoms with van der Waals surface area (Å²) < 4.78 is 0. The smallest absolute Gasteiger partial charge is 0.269 e. The number of hydrogen-bond acceptors (Lipinski definition) is 1. The van der Waals surface area contributed by atoms with Crippen molar-refractivity contribution in [1.29, 1.82) is 0 Å². The molecule has 1 aliphatic rings. The Kier molecular flexibility index (Phi) is 9.97. The fraction of sp³-hybridized carbons (Fsp3) is 0.900. The first-order valence-electron chi connectivity index (χ1n) is 4.95. The molecule has 0 spiro atoms. The van der Waals surface area contributed by atoms with Crippen molar-refractivity contribution < 1.29 is 0 Å². The van der Waals surface area contributed by atoms with E-state index in [1.54, 1.807) is 6.92 Å². The Bertz CT molecular complexity index is 113. The van der Waals surface area contributed by atoms with Crippen molar-refractivity contribution in [3.05, 3.63) is 4.85 Å². The van der Waals surface area contributed by atoms with Gasteiger partial charge in [0, 0.05) is 6.92 Å². The molecule has 0 unspecified atom stereocenters. The van der Waals surface area contributed by atoms with E-state index in [0.29, 0.717) is 0 Å². The maximum absolute atomic E-state index is 3.72. The number of nitrogens with zero attached hydrogens (tertiary/aromatic N) is 1. The van der Waals surface area contributed by atoms with Gasteiger partial charge in [0.2, 0.25) is 0 Å². The zero-order valence-corrected chi connectivity index (χ0v) is 8.40. The molecule has 0 aromatic heterocycles. The van der Waals surface area contributed by atoms with Crippen LogP contribution in [-0.4, -0.2) is 19.6 Å². The fourth-order valence-electron chi connectivity index (χ4n) is 1.14. The third-order valence-electron chi connectivity index (χ3n) is 1.77. The van der Waals surface area contributed by atoms with Crippen LogP contribution in [0.2, 0.25) is 0 Å². The zero-order chi connectivity index (χ0) is 9.07. The quantitative estimate of drug-likeness (QED) is 0.589. The molecule has 1 rings (SSSR count). The second kappa shape index (κ2) is 10.4. The molecule has 0 radical (unpaired) electrons. The highest BCUT2D eigenvalue weighted by Crippen LogP contribution is 2.00. The summed E-state index contributed by atoms with van der Waals surface area (Å²) in [6.45, 7) is 7.14. The van der Waals surface area contributed by atoms with Crippen LogP contribution in [0.25, 0.3) is 4.85 Å². The number of nitrogens with one attached hydrogen (secondary N) is 1. The largest absolute Gasteiger partial charge is 0.317 e. The predicted octanol–water partition coefficient (Wildman–Crippen LogP) is 2.51. The van der Waals surface area contributed by atoms with Crippen LogP contribution in [-0.2, 0) is 0 Å². The molecular weight excluding hydrogens is 148 g/mol. The van der Waals surface area contributed by atoms with E-state index >= 15 is 0 Å². The minimum absolute atomic E-state index is 0.858. The van der Waals surface area contributed by atoms with Gasteiger partial charge in [-0.3, -0.25) is 0 Å². The van der Waals surface area contributed by atoms with E-state index in [0.717, 1.165) is 6.54 Å². The molecule has 2 nitrogen and oxygen atoms in total. The van der Waals surface area contributed by atoms with Gasteiger partial charge in [-0.1, -0.05) is 17.7 Å². The van der Waals surface area contributed by atoms with Crippen molar-refractivity contribution in [2.75, 3.05) is 19.6 Å². The van der Waals surface area contributed by atoms with E-state index in [9.17, 15) is 0 Å². The van der Waals surface area contributed by atoms with Gasteiger partial charge in [0.1, 0.15) is 0 Å². The van der Waals surface area contributed by atoms with Crippen LogP contribution in [0.4, 0.5) is 0 Å². The molecule has 1 fully saturated rings. The topological polar surface area (TPSA) is 16.4 Å². The monoisotopic (exact) mass is 169 g/mol. The summed E-state index contributed by atoms with van der Waals surface area (Å²) in [6.07, 6.45) is 5.65. The molecule has 0 aliphatic carbocycles. The van der Waals surface area contributed by atoms with Crippen LogP contribution in [0.3, 0.4) is 0 Å². The number of rotatable bonds is 0.